The summed E-state index contributed by atoms with van der Waals surface area (Å²) in [6.07, 6.45) is 1.49. The summed E-state index contributed by atoms with van der Waals surface area (Å²) in [5, 5.41) is 10.9. The molecule has 0 radical (unpaired) electrons. The van der Waals surface area contributed by atoms with Gasteiger partial charge in [-0.25, -0.2) is 13.1 Å². The maximum absolute atomic E-state index is 12.1. The lowest BCUT2D eigenvalue weighted by Gasteiger charge is -2.32. The second-order valence-electron chi connectivity index (χ2n) is 4.85. The summed E-state index contributed by atoms with van der Waals surface area (Å²) in [4.78, 5) is 9.80. The number of nitro groups is 1. The van der Waals surface area contributed by atoms with Crippen LogP contribution in [0.2, 0.25) is 0 Å². The summed E-state index contributed by atoms with van der Waals surface area (Å²) in [5.41, 5.74) is 4.76. The number of nitro benzene ring substituents is 1. The summed E-state index contributed by atoms with van der Waals surface area (Å²) in [6.45, 7) is 2.02. The number of nitrogens with zero attached hydrogens (tertiary/aromatic N) is 1. The third-order valence-electron chi connectivity index (χ3n) is 3.20. The molecular formula is C11H15N3O4S. The molecular weight excluding hydrogens is 270 g/mol. The van der Waals surface area contributed by atoms with E-state index in [2.05, 4.69) is 4.72 Å². The van der Waals surface area contributed by atoms with Gasteiger partial charge in [-0.05, 0) is 30.9 Å². The fraction of sp³-hybridized carbons (Fsp3) is 0.455. The predicted octanol–water partition coefficient (Wildman–Crippen LogP) is 1.25. The molecule has 7 nitrogen and oxygen atoms in total. The number of rotatable bonds is 4. The molecule has 0 saturated heterocycles. The Morgan fingerprint density at radius 3 is 2.58 bits per heavy atom. The van der Waals surface area contributed by atoms with E-state index in [1.54, 1.807) is 0 Å². The molecule has 1 aromatic rings. The second-order valence-corrected chi connectivity index (χ2v) is 6.53. The van der Waals surface area contributed by atoms with Crippen LogP contribution in [0.15, 0.2) is 23.1 Å². The molecule has 0 aliphatic heterocycles. The Bertz CT molecular complexity index is 608. The minimum absolute atomic E-state index is 0.152. The van der Waals surface area contributed by atoms with Crippen LogP contribution in [-0.2, 0) is 10.0 Å². The van der Waals surface area contributed by atoms with Gasteiger partial charge in [0.15, 0.2) is 4.90 Å². The minimum Gasteiger partial charge on any atom is -0.393 e. The van der Waals surface area contributed by atoms with E-state index in [0.29, 0.717) is 5.92 Å². The normalized spacial score (nSPS) is 22.8. The molecule has 1 fully saturated rings. The molecule has 2 rings (SSSR count). The van der Waals surface area contributed by atoms with Crippen molar-refractivity contribution in [2.75, 3.05) is 5.73 Å². The first-order valence-electron chi connectivity index (χ1n) is 5.86. The fourth-order valence-corrected chi connectivity index (χ4v) is 3.70. The third-order valence-corrected chi connectivity index (χ3v) is 4.75. The lowest BCUT2D eigenvalue weighted by molar-refractivity contribution is -0.386. The number of anilines is 1. The van der Waals surface area contributed by atoms with Gasteiger partial charge >= 0.3 is 5.69 Å². The van der Waals surface area contributed by atoms with Crippen LogP contribution >= 0.6 is 0 Å². The number of nitrogen functional groups attached to an aromatic ring is 1. The highest BCUT2D eigenvalue weighted by molar-refractivity contribution is 7.89. The second kappa shape index (κ2) is 4.78. The van der Waals surface area contributed by atoms with Crippen molar-refractivity contribution in [1.82, 2.24) is 4.72 Å². The molecule has 1 aliphatic carbocycles. The molecule has 0 bridgehead atoms. The maximum atomic E-state index is 12.1. The highest BCUT2D eigenvalue weighted by atomic mass is 32.2. The molecule has 3 N–H and O–H groups in total. The number of para-hydroxylation sites is 1. The molecule has 0 aromatic heterocycles. The van der Waals surface area contributed by atoms with Crippen molar-refractivity contribution >= 4 is 21.4 Å². The molecule has 1 saturated carbocycles. The van der Waals surface area contributed by atoms with Crippen LogP contribution in [0.3, 0.4) is 0 Å². The molecule has 1 aromatic carbocycles. The lowest BCUT2D eigenvalue weighted by atomic mass is 9.83. The van der Waals surface area contributed by atoms with Crippen molar-refractivity contribution in [3.05, 3.63) is 28.3 Å². The number of sulfonamides is 1. The number of hydrogen-bond donors (Lipinski definition) is 2. The zero-order valence-corrected chi connectivity index (χ0v) is 11.2. The average Bonchev–Trinajstić information content (AvgIpc) is 2.25. The van der Waals surface area contributed by atoms with Crippen LogP contribution in [0.25, 0.3) is 0 Å². The van der Waals surface area contributed by atoms with Gasteiger partial charge in [0.05, 0.1) is 4.92 Å². The first-order valence-corrected chi connectivity index (χ1v) is 7.35. The molecule has 1 aliphatic rings. The molecule has 19 heavy (non-hydrogen) atoms. The van der Waals surface area contributed by atoms with E-state index >= 15 is 0 Å². The van der Waals surface area contributed by atoms with Crippen LogP contribution in [0.5, 0.6) is 0 Å². The topological polar surface area (TPSA) is 115 Å². The Hall–Kier alpha value is -1.67. The third kappa shape index (κ3) is 2.69. The van der Waals surface area contributed by atoms with Gasteiger partial charge < -0.3 is 5.73 Å². The van der Waals surface area contributed by atoms with Crippen molar-refractivity contribution in [1.29, 1.82) is 0 Å². The fourth-order valence-electron chi connectivity index (χ4n) is 2.23. The van der Waals surface area contributed by atoms with E-state index in [1.165, 1.54) is 18.2 Å². The first-order chi connectivity index (χ1) is 8.81. The van der Waals surface area contributed by atoms with Gasteiger partial charge in [-0.3, -0.25) is 10.1 Å². The van der Waals surface area contributed by atoms with Crippen LogP contribution in [-0.4, -0.2) is 19.4 Å². The molecule has 0 heterocycles. The number of benzene rings is 1. The summed E-state index contributed by atoms with van der Waals surface area (Å²) in [5.74, 6) is 0.475. The summed E-state index contributed by atoms with van der Waals surface area (Å²) in [6, 6.07) is 3.74. The van der Waals surface area contributed by atoms with Crippen LogP contribution in [0, 0.1) is 16.0 Å². The standard InChI is InChI=1S/C11H15N3O4S/c1-7-5-8(6-7)13-19(17,18)10-4-2-3-9(12)11(10)14(15)16/h2-4,7-8,13H,5-6,12H2,1H3. The van der Waals surface area contributed by atoms with Gasteiger partial charge in [-0.1, -0.05) is 13.0 Å². The molecule has 8 heteroatoms. The Morgan fingerprint density at radius 2 is 2.05 bits per heavy atom. The largest absolute Gasteiger partial charge is 0.393 e. The SMILES string of the molecule is CC1CC(NS(=O)(=O)c2cccc(N)c2[N+](=O)[O-])C1. The number of nitrogens with two attached hydrogens (primary N) is 1. The zero-order chi connectivity index (χ0) is 14.2. The van der Waals surface area contributed by atoms with Crippen molar-refractivity contribution in [2.45, 2.75) is 30.7 Å². The van der Waals surface area contributed by atoms with Crippen LogP contribution < -0.4 is 10.5 Å². The molecule has 0 unspecified atom stereocenters. The Labute approximate surface area is 111 Å². The molecule has 104 valence electrons. The van der Waals surface area contributed by atoms with Crippen molar-refractivity contribution in [3.8, 4) is 0 Å². The average molecular weight is 285 g/mol. The van der Waals surface area contributed by atoms with Gasteiger partial charge in [0, 0.05) is 6.04 Å². The van der Waals surface area contributed by atoms with Crippen molar-refractivity contribution in [2.24, 2.45) is 5.92 Å². The summed E-state index contributed by atoms with van der Waals surface area (Å²) in [7, 11) is -3.91. The van der Waals surface area contributed by atoms with Gasteiger partial charge in [0.1, 0.15) is 5.69 Å². The quantitative estimate of drug-likeness (QED) is 0.491. The Balaban J connectivity index is 2.35. The van der Waals surface area contributed by atoms with E-state index in [4.69, 9.17) is 5.73 Å². The molecule has 0 amide bonds. The Kier molecular flexibility index (Phi) is 3.46. The van der Waals surface area contributed by atoms with Gasteiger partial charge in [-0.2, -0.15) is 0 Å². The van der Waals surface area contributed by atoms with Gasteiger partial charge in [0.25, 0.3) is 0 Å². The van der Waals surface area contributed by atoms with Gasteiger partial charge in [-0.15, -0.1) is 0 Å². The smallest absolute Gasteiger partial charge is 0.312 e. The monoisotopic (exact) mass is 285 g/mol. The first kappa shape index (κ1) is 13.8. The number of nitrogens with one attached hydrogen (secondary N) is 1. The molecule has 0 atom stereocenters. The predicted molar refractivity (Wildman–Crippen MR) is 70.0 cm³/mol. The maximum Gasteiger partial charge on any atom is 0.312 e. The number of hydrogen-bond acceptors (Lipinski definition) is 5. The zero-order valence-electron chi connectivity index (χ0n) is 10.4. The van der Waals surface area contributed by atoms with E-state index in [0.717, 1.165) is 12.8 Å². The van der Waals surface area contributed by atoms with Crippen LogP contribution in [0.1, 0.15) is 19.8 Å². The Morgan fingerprint density at radius 1 is 1.42 bits per heavy atom. The summed E-state index contributed by atoms with van der Waals surface area (Å²) >= 11 is 0. The van der Waals surface area contributed by atoms with Crippen molar-refractivity contribution in [3.63, 3.8) is 0 Å². The van der Waals surface area contributed by atoms with E-state index in [1.807, 2.05) is 6.92 Å². The van der Waals surface area contributed by atoms with Crippen LogP contribution in [0.4, 0.5) is 11.4 Å². The molecule has 0 spiro atoms. The van der Waals surface area contributed by atoms with E-state index in [-0.39, 0.29) is 16.6 Å². The minimum atomic E-state index is -3.91. The highest BCUT2D eigenvalue weighted by Crippen LogP contribution is 2.32. The summed E-state index contributed by atoms with van der Waals surface area (Å²) < 4.78 is 26.8. The highest BCUT2D eigenvalue weighted by Gasteiger charge is 2.33. The van der Waals surface area contributed by atoms with Gasteiger partial charge in [0.2, 0.25) is 10.0 Å². The van der Waals surface area contributed by atoms with Crippen molar-refractivity contribution < 1.29 is 13.3 Å². The lowest BCUT2D eigenvalue weighted by Crippen LogP contribution is -2.43. The van der Waals surface area contributed by atoms with E-state index < -0.39 is 20.6 Å². The van der Waals surface area contributed by atoms with E-state index in [9.17, 15) is 18.5 Å².